The van der Waals surface area contributed by atoms with Crippen LogP contribution in [-0.2, 0) is 5.41 Å². The van der Waals surface area contributed by atoms with E-state index in [0.29, 0.717) is 21.0 Å². The number of carboxylic acid groups (broad SMARTS) is 1. The minimum Gasteiger partial charge on any atom is -0.465 e. The number of nitrogens with one attached hydrogen (secondary N) is 1. The zero-order valence-electron chi connectivity index (χ0n) is 15.1. The molecule has 2 heterocycles. The van der Waals surface area contributed by atoms with Crippen LogP contribution in [0.1, 0.15) is 12.0 Å². The molecule has 1 atom stereocenters. The van der Waals surface area contributed by atoms with Gasteiger partial charge in [-0.25, -0.2) is 9.78 Å². The molecule has 1 aliphatic heterocycles. The number of hydrogen-bond acceptors (Lipinski definition) is 4. The number of amides is 1. The first kappa shape index (κ1) is 21.0. The number of hydrogen-bond donors (Lipinski definition) is 2. The summed E-state index contributed by atoms with van der Waals surface area (Å²) >= 11 is 13.1. The van der Waals surface area contributed by atoms with Crippen LogP contribution in [0.3, 0.4) is 0 Å². The second kappa shape index (κ2) is 7.47. The van der Waals surface area contributed by atoms with Crippen LogP contribution in [0, 0.1) is 0 Å². The third-order valence-corrected chi connectivity index (χ3v) is 6.74. The number of halogens is 5. The molecule has 0 saturated carbocycles. The van der Waals surface area contributed by atoms with Crippen LogP contribution >= 0.6 is 34.5 Å². The molecule has 30 heavy (non-hydrogen) atoms. The van der Waals surface area contributed by atoms with Gasteiger partial charge in [0.25, 0.3) is 0 Å². The lowest BCUT2D eigenvalue weighted by Crippen LogP contribution is -2.44. The Morgan fingerprint density at radius 3 is 2.57 bits per heavy atom. The third kappa shape index (κ3) is 3.66. The van der Waals surface area contributed by atoms with E-state index in [2.05, 4.69) is 10.3 Å². The van der Waals surface area contributed by atoms with E-state index >= 15 is 0 Å². The molecule has 4 rings (SSSR count). The molecule has 3 aromatic rings. The van der Waals surface area contributed by atoms with Crippen molar-refractivity contribution >= 4 is 61.7 Å². The number of fused-ring (bicyclic) bond motifs is 1. The molecule has 1 aliphatic rings. The Morgan fingerprint density at radius 1 is 1.23 bits per heavy atom. The highest BCUT2D eigenvalue weighted by Gasteiger charge is 2.59. The molecule has 0 aliphatic carbocycles. The molecule has 2 aromatic carbocycles. The SMILES string of the molecule is O=C(O)Nc1cccc2nc(N3CCC(c4cc(Cl)cc(Cl)c4)(C(F)(F)F)C3)sc12. The van der Waals surface area contributed by atoms with E-state index in [4.69, 9.17) is 28.3 Å². The van der Waals surface area contributed by atoms with Gasteiger partial charge in [0.05, 0.1) is 15.9 Å². The number of rotatable bonds is 3. The first-order valence-corrected chi connectivity index (χ1v) is 10.3. The van der Waals surface area contributed by atoms with Gasteiger partial charge in [-0.15, -0.1) is 0 Å². The number of nitrogens with zero attached hydrogens (tertiary/aromatic N) is 2. The van der Waals surface area contributed by atoms with Crippen LogP contribution in [0.5, 0.6) is 0 Å². The second-order valence-electron chi connectivity index (χ2n) is 6.99. The lowest BCUT2D eigenvalue weighted by molar-refractivity contribution is -0.184. The fourth-order valence-corrected chi connectivity index (χ4v) is 5.30. The summed E-state index contributed by atoms with van der Waals surface area (Å²) in [5.74, 6) is 0. The van der Waals surface area contributed by atoms with Crippen LogP contribution in [0.25, 0.3) is 10.2 Å². The summed E-state index contributed by atoms with van der Waals surface area (Å²) in [6.07, 6.45) is -5.93. The van der Waals surface area contributed by atoms with Crippen molar-refractivity contribution in [1.82, 2.24) is 4.98 Å². The standard InChI is InChI=1S/C19H14Cl2F3N3O2S/c20-11-6-10(7-12(21)8-11)18(19(22,23)24)4-5-27(9-18)16-25-13-2-1-3-14(15(13)30-16)26-17(28)29/h1-3,6-8,26H,4-5,9H2,(H,28,29). The van der Waals surface area contributed by atoms with E-state index < -0.39 is 17.7 Å². The van der Waals surface area contributed by atoms with Gasteiger partial charge >= 0.3 is 12.3 Å². The fraction of sp³-hybridized carbons (Fsp3) is 0.263. The molecular formula is C19H14Cl2F3N3O2S. The summed E-state index contributed by atoms with van der Waals surface area (Å²) < 4.78 is 43.3. The van der Waals surface area contributed by atoms with Gasteiger partial charge in [0.15, 0.2) is 5.13 Å². The average molecular weight is 476 g/mol. The molecule has 0 radical (unpaired) electrons. The Balaban J connectivity index is 1.73. The zero-order chi connectivity index (χ0) is 21.7. The first-order valence-electron chi connectivity index (χ1n) is 8.77. The summed E-state index contributed by atoms with van der Waals surface area (Å²) in [5, 5.41) is 12.0. The molecule has 0 bridgehead atoms. The van der Waals surface area contributed by atoms with Crippen LogP contribution in [-0.4, -0.2) is 35.4 Å². The zero-order valence-corrected chi connectivity index (χ0v) is 17.5. The van der Waals surface area contributed by atoms with Crippen molar-refractivity contribution in [1.29, 1.82) is 0 Å². The minimum absolute atomic E-state index is 0.0179. The van der Waals surface area contributed by atoms with Gasteiger partial charge in [-0.1, -0.05) is 40.6 Å². The Hall–Kier alpha value is -2.23. The molecule has 158 valence electrons. The summed E-state index contributed by atoms with van der Waals surface area (Å²) in [4.78, 5) is 17.0. The van der Waals surface area contributed by atoms with E-state index in [1.165, 1.54) is 18.2 Å². The van der Waals surface area contributed by atoms with Crippen molar-refractivity contribution in [3.05, 3.63) is 52.0 Å². The Labute approximate surface area is 183 Å². The number of thiazole rings is 1. The van der Waals surface area contributed by atoms with Crippen molar-refractivity contribution in [2.45, 2.75) is 18.0 Å². The van der Waals surface area contributed by atoms with Crippen molar-refractivity contribution in [3.8, 4) is 0 Å². The van der Waals surface area contributed by atoms with Crippen LogP contribution in [0.4, 0.5) is 28.8 Å². The van der Waals surface area contributed by atoms with E-state index in [1.807, 2.05) is 0 Å². The summed E-state index contributed by atoms with van der Waals surface area (Å²) in [6, 6.07) is 8.90. The maximum absolute atomic E-state index is 14.3. The molecule has 1 amide bonds. The number of alkyl halides is 3. The summed E-state index contributed by atoms with van der Waals surface area (Å²) in [6.45, 7) is -0.208. The number of benzene rings is 2. The van der Waals surface area contributed by atoms with Gasteiger partial charge < -0.3 is 10.0 Å². The van der Waals surface area contributed by atoms with E-state index in [9.17, 15) is 18.0 Å². The van der Waals surface area contributed by atoms with Crippen LogP contribution < -0.4 is 10.2 Å². The Bertz CT molecular complexity index is 1120. The molecule has 11 heteroatoms. The molecule has 5 nitrogen and oxygen atoms in total. The molecule has 1 aromatic heterocycles. The van der Waals surface area contributed by atoms with Gasteiger partial charge in [-0.3, -0.25) is 5.32 Å². The molecule has 2 N–H and O–H groups in total. The van der Waals surface area contributed by atoms with Crippen molar-refractivity contribution in [2.75, 3.05) is 23.3 Å². The Morgan fingerprint density at radius 2 is 1.93 bits per heavy atom. The average Bonchev–Trinajstić information content (AvgIpc) is 3.25. The van der Waals surface area contributed by atoms with E-state index in [-0.39, 0.29) is 35.1 Å². The summed E-state index contributed by atoms with van der Waals surface area (Å²) in [5.41, 5.74) is -1.27. The molecule has 1 fully saturated rings. The summed E-state index contributed by atoms with van der Waals surface area (Å²) in [7, 11) is 0. The van der Waals surface area contributed by atoms with Gasteiger partial charge in [-0.05, 0) is 42.3 Å². The highest BCUT2D eigenvalue weighted by molar-refractivity contribution is 7.22. The van der Waals surface area contributed by atoms with Crippen molar-refractivity contribution < 1.29 is 23.1 Å². The molecular weight excluding hydrogens is 462 g/mol. The van der Waals surface area contributed by atoms with Crippen LogP contribution in [0.2, 0.25) is 10.0 Å². The van der Waals surface area contributed by atoms with E-state index in [1.54, 1.807) is 23.1 Å². The number of anilines is 2. The highest BCUT2D eigenvalue weighted by atomic mass is 35.5. The lowest BCUT2D eigenvalue weighted by Gasteiger charge is -2.32. The van der Waals surface area contributed by atoms with E-state index in [0.717, 1.165) is 11.3 Å². The van der Waals surface area contributed by atoms with Gasteiger partial charge in [-0.2, -0.15) is 13.2 Å². The number of aromatic nitrogens is 1. The number of carbonyl (C=O) groups is 1. The van der Waals surface area contributed by atoms with Gasteiger partial charge in [0.1, 0.15) is 5.41 Å². The van der Waals surface area contributed by atoms with Crippen molar-refractivity contribution in [2.24, 2.45) is 0 Å². The maximum atomic E-state index is 14.3. The molecule has 1 saturated heterocycles. The quantitative estimate of drug-likeness (QED) is 0.459. The smallest absolute Gasteiger partial charge is 0.409 e. The second-order valence-corrected chi connectivity index (χ2v) is 8.84. The largest absolute Gasteiger partial charge is 0.465 e. The van der Waals surface area contributed by atoms with Gasteiger partial charge in [0.2, 0.25) is 0 Å². The highest BCUT2D eigenvalue weighted by Crippen LogP contribution is 2.50. The minimum atomic E-state index is -4.53. The molecule has 1 unspecified atom stereocenters. The first-order chi connectivity index (χ1) is 14.1. The Kier molecular flexibility index (Phi) is 5.24. The molecule has 0 spiro atoms. The maximum Gasteiger partial charge on any atom is 0.409 e. The van der Waals surface area contributed by atoms with Gasteiger partial charge in [0, 0.05) is 23.1 Å². The lowest BCUT2D eigenvalue weighted by atomic mass is 9.79. The predicted molar refractivity (Wildman–Crippen MR) is 112 cm³/mol. The monoisotopic (exact) mass is 475 g/mol. The fourth-order valence-electron chi connectivity index (χ4n) is 3.72. The predicted octanol–water partition coefficient (Wildman–Crippen LogP) is 6.40. The topological polar surface area (TPSA) is 65.5 Å². The third-order valence-electron chi connectivity index (χ3n) is 5.14. The van der Waals surface area contributed by atoms with Crippen molar-refractivity contribution in [3.63, 3.8) is 0 Å². The normalized spacial score (nSPS) is 19.4. The van der Waals surface area contributed by atoms with Crippen LogP contribution in [0.15, 0.2) is 36.4 Å².